The molecule has 0 aromatic heterocycles. The highest BCUT2D eigenvalue weighted by atomic mass is 19.3. The Morgan fingerprint density at radius 2 is 1.95 bits per heavy atom. The van der Waals surface area contributed by atoms with Crippen LogP contribution in [-0.4, -0.2) is 49.4 Å². The first-order valence-corrected chi connectivity index (χ1v) is 6.46. The third-order valence-electron chi connectivity index (χ3n) is 3.30. The van der Waals surface area contributed by atoms with Crippen molar-refractivity contribution >= 4 is 0 Å². The first-order valence-electron chi connectivity index (χ1n) is 6.46. The van der Waals surface area contributed by atoms with Gasteiger partial charge < -0.3 is 19.3 Å². The van der Waals surface area contributed by atoms with Gasteiger partial charge in [-0.15, -0.1) is 0 Å². The monoisotopic (exact) mass is 306 g/mol. The highest BCUT2D eigenvalue weighted by molar-refractivity contribution is 5.13. The van der Waals surface area contributed by atoms with Gasteiger partial charge in [0.1, 0.15) is 0 Å². The molecule has 1 saturated heterocycles. The Morgan fingerprint density at radius 3 is 2.57 bits per heavy atom. The summed E-state index contributed by atoms with van der Waals surface area (Å²) < 4.78 is 55.7. The minimum Gasteiger partial charge on any atom is -0.383 e. The van der Waals surface area contributed by atoms with E-state index in [9.17, 15) is 18.3 Å². The molecule has 1 aromatic rings. The molecule has 21 heavy (non-hydrogen) atoms. The maximum Gasteiger partial charge on any atom is 0.304 e. The Hall–Kier alpha value is -1.15. The second-order valence-corrected chi connectivity index (χ2v) is 4.79. The molecule has 1 aromatic carbocycles. The smallest absolute Gasteiger partial charge is 0.304 e. The van der Waals surface area contributed by atoms with Crippen LogP contribution in [0, 0.1) is 0 Å². The van der Waals surface area contributed by atoms with E-state index in [0.29, 0.717) is 0 Å². The fourth-order valence-corrected chi connectivity index (χ4v) is 2.07. The summed E-state index contributed by atoms with van der Waals surface area (Å²) in [5.74, 6) is -3.74. The highest BCUT2D eigenvalue weighted by Gasteiger charge is 2.58. The van der Waals surface area contributed by atoms with Gasteiger partial charge in [-0.2, -0.15) is 0 Å². The van der Waals surface area contributed by atoms with Crippen LogP contribution in [0.3, 0.4) is 0 Å². The number of halogens is 3. The van der Waals surface area contributed by atoms with Gasteiger partial charge in [-0.25, -0.2) is 13.2 Å². The van der Waals surface area contributed by atoms with Gasteiger partial charge in [0, 0.05) is 7.11 Å². The molecule has 0 aliphatic carbocycles. The maximum absolute atomic E-state index is 13.8. The molecule has 0 unspecified atom stereocenters. The molecule has 1 heterocycles. The summed E-state index contributed by atoms with van der Waals surface area (Å²) in [6.07, 6.45) is -8.10. The van der Waals surface area contributed by atoms with Crippen LogP contribution in [-0.2, 0) is 20.8 Å². The SMILES string of the molecule is CO[C@H]1O[C@H](COCc2ccccc2)C(F)(F)[C@H](O)[C@H]1F. The number of benzene rings is 1. The molecule has 1 aliphatic heterocycles. The molecule has 4 atom stereocenters. The van der Waals surface area contributed by atoms with Gasteiger partial charge in [-0.1, -0.05) is 30.3 Å². The van der Waals surface area contributed by atoms with Crippen molar-refractivity contribution in [3.05, 3.63) is 35.9 Å². The Bertz CT molecular complexity index is 443. The molecular weight excluding hydrogens is 289 g/mol. The third-order valence-corrected chi connectivity index (χ3v) is 3.30. The molecule has 1 N–H and O–H groups in total. The van der Waals surface area contributed by atoms with Gasteiger partial charge >= 0.3 is 5.92 Å². The lowest BCUT2D eigenvalue weighted by Gasteiger charge is -2.40. The van der Waals surface area contributed by atoms with E-state index in [4.69, 9.17) is 9.47 Å². The molecule has 2 rings (SSSR count). The minimum atomic E-state index is -3.74. The summed E-state index contributed by atoms with van der Waals surface area (Å²) in [5, 5.41) is 9.35. The molecular formula is C14H17F3O4. The van der Waals surface area contributed by atoms with Crippen molar-refractivity contribution in [2.24, 2.45) is 0 Å². The number of ether oxygens (including phenoxy) is 3. The summed E-state index contributed by atoms with van der Waals surface area (Å²) >= 11 is 0. The van der Waals surface area contributed by atoms with Crippen LogP contribution in [0.4, 0.5) is 13.2 Å². The van der Waals surface area contributed by atoms with Gasteiger partial charge in [-0.05, 0) is 5.56 Å². The molecule has 1 fully saturated rings. The van der Waals surface area contributed by atoms with Crippen LogP contribution in [0.15, 0.2) is 30.3 Å². The number of hydrogen-bond donors (Lipinski definition) is 1. The van der Waals surface area contributed by atoms with Crippen LogP contribution in [0.2, 0.25) is 0 Å². The van der Waals surface area contributed by atoms with Crippen LogP contribution in [0.25, 0.3) is 0 Å². The molecule has 0 bridgehead atoms. The van der Waals surface area contributed by atoms with Crippen molar-refractivity contribution < 1.29 is 32.5 Å². The Balaban J connectivity index is 1.94. The quantitative estimate of drug-likeness (QED) is 0.903. The molecule has 1 aliphatic rings. The molecule has 0 saturated carbocycles. The lowest BCUT2D eigenvalue weighted by Crippen LogP contribution is -2.61. The fourth-order valence-electron chi connectivity index (χ4n) is 2.07. The van der Waals surface area contributed by atoms with Crippen LogP contribution in [0.1, 0.15) is 5.56 Å². The van der Waals surface area contributed by atoms with Crippen LogP contribution in [0.5, 0.6) is 0 Å². The zero-order chi connectivity index (χ0) is 15.5. The third kappa shape index (κ3) is 3.55. The fraction of sp³-hybridized carbons (Fsp3) is 0.571. The topological polar surface area (TPSA) is 47.9 Å². The van der Waals surface area contributed by atoms with E-state index in [2.05, 4.69) is 4.74 Å². The maximum atomic E-state index is 13.8. The van der Waals surface area contributed by atoms with E-state index >= 15 is 0 Å². The number of aliphatic hydroxyl groups is 1. The zero-order valence-corrected chi connectivity index (χ0v) is 11.4. The lowest BCUT2D eigenvalue weighted by atomic mass is 9.99. The largest absolute Gasteiger partial charge is 0.383 e. The van der Waals surface area contributed by atoms with Gasteiger partial charge in [0.05, 0.1) is 13.2 Å². The second kappa shape index (κ2) is 6.74. The average Bonchev–Trinajstić information content (AvgIpc) is 2.49. The van der Waals surface area contributed by atoms with Crippen LogP contribution < -0.4 is 0 Å². The summed E-state index contributed by atoms with van der Waals surface area (Å²) in [6.45, 7) is -0.366. The number of rotatable bonds is 5. The van der Waals surface area contributed by atoms with E-state index in [0.717, 1.165) is 12.7 Å². The molecule has 0 radical (unpaired) electrons. The number of alkyl halides is 3. The summed E-state index contributed by atoms with van der Waals surface area (Å²) in [6, 6.07) is 8.98. The van der Waals surface area contributed by atoms with Crippen molar-refractivity contribution in [2.45, 2.75) is 37.2 Å². The molecule has 0 spiro atoms. The highest BCUT2D eigenvalue weighted by Crippen LogP contribution is 2.36. The van der Waals surface area contributed by atoms with E-state index in [1.807, 2.05) is 6.07 Å². The summed E-state index contributed by atoms with van der Waals surface area (Å²) in [7, 11) is 1.12. The lowest BCUT2D eigenvalue weighted by molar-refractivity contribution is -0.330. The Labute approximate surface area is 120 Å². The van der Waals surface area contributed by atoms with Crippen LogP contribution >= 0.6 is 0 Å². The van der Waals surface area contributed by atoms with Crippen molar-refractivity contribution in [3.8, 4) is 0 Å². The first kappa shape index (κ1) is 16.2. The first-order chi connectivity index (χ1) is 9.96. The van der Waals surface area contributed by atoms with E-state index < -0.39 is 37.2 Å². The minimum absolute atomic E-state index is 0.115. The summed E-state index contributed by atoms with van der Waals surface area (Å²) in [5.41, 5.74) is 0.809. The van der Waals surface area contributed by atoms with Crippen molar-refractivity contribution in [1.82, 2.24) is 0 Å². The van der Waals surface area contributed by atoms with E-state index in [-0.39, 0.29) is 6.61 Å². The van der Waals surface area contributed by atoms with Gasteiger partial charge in [0.15, 0.2) is 24.7 Å². The predicted molar refractivity (Wildman–Crippen MR) is 67.6 cm³/mol. The molecule has 4 nitrogen and oxygen atoms in total. The normalized spacial score (nSPS) is 32.0. The molecule has 7 heteroatoms. The number of methoxy groups -OCH3 is 1. The summed E-state index contributed by atoms with van der Waals surface area (Å²) in [4.78, 5) is 0. The van der Waals surface area contributed by atoms with Gasteiger partial charge in [-0.3, -0.25) is 0 Å². The van der Waals surface area contributed by atoms with Crippen molar-refractivity contribution in [3.63, 3.8) is 0 Å². The van der Waals surface area contributed by atoms with E-state index in [1.54, 1.807) is 24.3 Å². The van der Waals surface area contributed by atoms with Crippen molar-refractivity contribution in [1.29, 1.82) is 0 Å². The molecule has 118 valence electrons. The number of aliphatic hydroxyl groups excluding tert-OH is 1. The standard InChI is InChI=1S/C14H17F3O4/c1-19-13-11(15)12(18)14(16,17)10(21-13)8-20-7-9-5-3-2-4-6-9/h2-6,10-13,18H,7-8H2,1H3/t10-,11-,12-,13+/m1/s1. The van der Waals surface area contributed by atoms with Gasteiger partial charge in [0.25, 0.3) is 0 Å². The zero-order valence-electron chi connectivity index (χ0n) is 11.4. The van der Waals surface area contributed by atoms with E-state index in [1.165, 1.54) is 0 Å². The van der Waals surface area contributed by atoms with Gasteiger partial charge in [0.2, 0.25) is 0 Å². The predicted octanol–water partition coefficient (Wildman–Crippen LogP) is 1.91. The van der Waals surface area contributed by atoms with Crippen molar-refractivity contribution in [2.75, 3.05) is 13.7 Å². The Kier molecular flexibility index (Phi) is 5.21. The average molecular weight is 306 g/mol. The Morgan fingerprint density at radius 1 is 1.29 bits per heavy atom. The number of hydrogen-bond acceptors (Lipinski definition) is 4. The second-order valence-electron chi connectivity index (χ2n) is 4.79. The molecule has 0 amide bonds.